The van der Waals surface area contributed by atoms with Gasteiger partial charge in [-0.25, -0.2) is 9.78 Å². The highest BCUT2D eigenvalue weighted by atomic mass is 32.1. The molecule has 3 N–H and O–H groups in total. The highest BCUT2D eigenvalue weighted by molar-refractivity contribution is 7.15. The van der Waals surface area contributed by atoms with Crippen LogP contribution in [0.1, 0.15) is 23.4 Å². The second kappa shape index (κ2) is 8.49. The molecular formula is C23H26N8O2S. The van der Waals surface area contributed by atoms with Gasteiger partial charge < -0.3 is 15.0 Å². The summed E-state index contributed by atoms with van der Waals surface area (Å²) in [6, 6.07) is 6.65. The van der Waals surface area contributed by atoms with Crippen molar-refractivity contribution >= 4 is 23.1 Å². The van der Waals surface area contributed by atoms with E-state index in [4.69, 9.17) is 9.98 Å². The fourth-order valence-corrected chi connectivity index (χ4v) is 5.16. The van der Waals surface area contributed by atoms with Crippen molar-refractivity contribution in [2.75, 3.05) is 33.2 Å². The quantitative estimate of drug-likeness (QED) is 0.385. The van der Waals surface area contributed by atoms with Gasteiger partial charge in [0.15, 0.2) is 11.1 Å². The molecule has 4 aromatic heterocycles. The van der Waals surface area contributed by atoms with Crippen molar-refractivity contribution in [3.05, 3.63) is 56.2 Å². The van der Waals surface area contributed by atoms with E-state index in [-0.39, 0.29) is 5.88 Å². The van der Waals surface area contributed by atoms with E-state index in [2.05, 4.69) is 44.0 Å². The van der Waals surface area contributed by atoms with Crippen LogP contribution in [-0.2, 0) is 6.54 Å². The monoisotopic (exact) mass is 478 g/mol. The molecule has 10 nitrogen and oxygen atoms in total. The molecule has 1 saturated heterocycles. The van der Waals surface area contributed by atoms with Crippen molar-refractivity contribution < 1.29 is 5.11 Å². The van der Waals surface area contributed by atoms with Crippen molar-refractivity contribution in [1.82, 2.24) is 34.4 Å². The zero-order valence-corrected chi connectivity index (χ0v) is 19.7. The zero-order valence-electron chi connectivity index (χ0n) is 18.9. The number of rotatable bonds is 5. The average Bonchev–Trinajstić information content (AvgIpc) is 3.20. The van der Waals surface area contributed by atoms with Crippen LogP contribution in [0.2, 0.25) is 0 Å². The molecule has 0 bridgehead atoms. The molecule has 6 rings (SSSR count). The molecule has 2 aliphatic rings. The number of nitrogens with zero attached hydrogens (tertiary/aromatic N) is 6. The number of hydrogen-bond acceptors (Lipinski definition) is 8. The largest absolute Gasteiger partial charge is 0.493 e. The maximum absolute atomic E-state index is 11.5. The third-order valence-corrected chi connectivity index (χ3v) is 7.36. The van der Waals surface area contributed by atoms with Crippen LogP contribution in [-0.4, -0.2) is 78.7 Å². The Morgan fingerprint density at radius 2 is 2.06 bits per heavy atom. The minimum Gasteiger partial charge on any atom is -0.493 e. The lowest BCUT2D eigenvalue weighted by molar-refractivity contribution is 0.149. The third-order valence-electron chi connectivity index (χ3n) is 6.27. The summed E-state index contributed by atoms with van der Waals surface area (Å²) in [5, 5.41) is 15.2. The normalized spacial score (nSPS) is 19.0. The summed E-state index contributed by atoms with van der Waals surface area (Å²) in [5.41, 5.74) is 2.07. The topological polar surface area (TPSA) is 118 Å². The Balaban J connectivity index is 1.40. The van der Waals surface area contributed by atoms with Gasteiger partial charge in [0.2, 0.25) is 5.88 Å². The summed E-state index contributed by atoms with van der Waals surface area (Å²) in [5.74, 6) is -0.213. The summed E-state index contributed by atoms with van der Waals surface area (Å²) in [6.07, 6.45) is 5.52. The van der Waals surface area contributed by atoms with Gasteiger partial charge >= 0.3 is 5.69 Å². The Morgan fingerprint density at radius 3 is 2.79 bits per heavy atom. The number of fused-ring (bicyclic) bond motifs is 1. The van der Waals surface area contributed by atoms with E-state index in [0.717, 1.165) is 61.6 Å². The maximum Gasteiger partial charge on any atom is 0.326 e. The van der Waals surface area contributed by atoms with Gasteiger partial charge in [-0.15, -0.1) is 11.3 Å². The lowest BCUT2D eigenvalue weighted by atomic mass is 10.3. The molecule has 0 spiro atoms. The lowest BCUT2D eigenvalue weighted by Gasteiger charge is -2.31. The van der Waals surface area contributed by atoms with Crippen molar-refractivity contribution in [2.24, 2.45) is 4.99 Å². The number of H-pyrrole nitrogens is 2. The van der Waals surface area contributed by atoms with Gasteiger partial charge in [-0.2, -0.15) is 9.61 Å². The summed E-state index contributed by atoms with van der Waals surface area (Å²) < 4.78 is 1.73. The maximum atomic E-state index is 11.5. The van der Waals surface area contributed by atoms with E-state index in [1.54, 1.807) is 28.1 Å². The molecule has 1 saturated carbocycles. The van der Waals surface area contributed by atoms with Crippen LogP contribution < -0.4 is 16.4 Å². The molecule has 2 fully saturated rings. The Hall–Kier alpha value is -3.28. The fraction of sp³-hybridized carbons (Fsp3) is 0.391. The molecule has 0 unspecified atom stereocenters. The van der Waals surface area contributed by atoms with Crippen LogP contribution >= 0.6 is 11.3 Å². The Labute approximate surface area is 198 Å². The number of imidazole rings is 1. The second-order valence-electron chi connectivity index (χ2n) is 9.03. The van der Waals surface area contributed by atoms with Crippen molar-refractivity contribution in [2.45, 2.75) is 25.4 Å². The molecule has 34 heavy (non-hydrogen) atoms. The van der Waals surface area contributed by atoms with E-state index in [0.29, 0.717) is 22.6 Å². The third kappa shape index (κ3) is 4.29. The molecule has 1 aliphatic heterocycles. The minimum atomic E-state index is -0.468. The van der Waals surface area contributed by atoms with Crippen molar-refractivity contribution in [1.29, 1.82) is 0 Å². The minimum absolute atomic E-state index is 0.213. The van der Waals surface area contributed by atoms with Gasteiger partial charge in [-0.1, -0.05) is 0 Å². The summed E-state index contributed by atoms with van der Waals surface area (Å²) in [4.78, 5) is 33.5. The van der Waals surface area contributed by atoms with Crippen molar-refractivity contribution in [3.8, 4) is 16.5 Å². The molecule has 0 atom stereocenters. The lowest BCUT2D eigenvalue weighted by Crippen LogP contribution is -2.43. The van der Waals surface area contributed by atoms with E-state index in [1.165, 1.54) is 4.88 Å². The van der Waals surface area contributed by atoms with Gasteiger partial charge in [-0.3, -0.25) is 14.9 Å². The molecule has 1 aliphatic carbocycles. The number of hydrogen-bond donors (Lipinski definition) is 3. The number of aromatic amines is 2. The molecule has 176 valence electrons. The van der Waals surface area contributed by atoms with E-state index in [1.807, 2.05) is 6.07 Å². The van der Waals surface area contributed by atoms with Gasteiger partial charge in [0.05, 0.1) is 22.8 Å². The fourth-order valence-electron chi connectivity index (χ4n) is 4.15. The second-order valence-corrected chi connectivity index (χ2v) is 10.2. The average molecular weight is 479 g/mol. The number of likely N-dealkylation sites (N-methyl/N-ethyl adjacent to an activating group) is 1. The molecular weight excluding hydrogens is 452 g/mol. The number of aromatic nitrogens is 5. The molecule has 4 aromatic rings. The summed E-state index contributed by atoms with van der Waals surface area (Å²) in [7, 11) is 2.17. The smallest absolute Gasteiger partial charge is 0.326 e. The van der Waals surface area contributed by atoms with E-state index >= 15 is 0 Å². The Morgan fingerprint density at radius 1 is 1.24 bits per heavy atom. The highest BCUT2D eigenvalue weighted by Gasteiger charge is 2.21. The van der Waals surface area contributed by atoms with Crippen LogP contribution in [0.5, 0.6) is 5.88 Å². The van der Waals surface area contributed by atoms with Crippen LogP contribution in [0.25, 0.3) is 22.3 Å². The molecule has 5 heterocycles. The van der Waals surface area contributed by atoms with E-state index < -0.39 is 5.69 Å². The number of aromatic hydroxyl groups is 1. The molecule has 0 radical (unpaired) electrons. The van der Waals surface area contributed by atoms with Crippen LogP contribution in [0, 0.1) is 0 Å². The van der Waals surface area contributed by atoms with Crippen LogP contribution in [0.15, 0.2) is 34.2 Å². The standard InChI is InChI=1S/C23H26N8O2S/c1-29-6-8-30(9-7-29)13-16-4-5-19(34-16)17-11-20(25-15-2-3-15)31-21(26-17)14(12-24-31)10-18-22(32)28-23(33)27-18/h4-5,10-12,15,32H,2-3,6-9,13H2,1H3,(H2,27,28,33)/b14-10+,25-20?. The number of piperazine rings is 1. The molecule has 11 heteroatoms. The van der Waals surface area contributed by atoms with Gasteiger partial charge in [0.1, 0.15) is 5.69 Å². The van der Waals surface area contributed by atoms with Crippen LogP contribution in [0.3, 0.4) is 0 Å². The van der Waals surface area contributed by atoms with Gasteiger partial charge in [0.25, 0.3) is 0 Å². The predicted molar refractivity (Wildman–Crippen MR) is 130 cm³/mol. The zero-order chi connectivity index (χ0) is 23.2. The van der Waals surface area contributed by atoms with E-state index in [9.17, 15) is 9.90 Å². The SMILES string of the molecule is CN1CCN(Cc2ccc(-c3cc(=NC4CC4)n4nc/c(=C\c5[nH]c(=O)[nH]c5O)c4n3)s2)CC1. The first-order valence-electron chi connectivity index (χ1n) is 11.5. The predicted octanol–water partition coefficient (Wildman–Crippen LogP) is 0.538. The summed E-state index contributed by atoms with van der Waals surface area (Å²) >= 11 is 1.76. The Bertz CT molecular complexity index is 1520. The first-order valence-corrected chi connectivity index (χ1v) is 12.3. The van der Waals surface area contributed by atoms with Crippen molar-refractivity contribution in [3.63, 3.8) is 0 Å². The van der Waals surface area contributed by atoms with Gasteiger partial charge in [-0.05, 0) is 38.1 Å². The number of nitrogens with one attached hydrogen (secondary N) is 2. The van der Waals surface area contributed by atoms with Gasteiger partial charge in [0, 0.05) is 48.9 Å². The number of thiophene rings is 1. The summed E-state index contributed by atoms with van der Waals surface area (Å²) in [6.45, 7) is 5.32. The first kappa shape index (κ1) is 21.3. The Kier molecular flexibility index (Phi) is 5.31. The van der Waals surface area contributed by atoms with Crippen LogP contribution in [0.4, 0.5) is 0 Å². The molecule has 0 amide bonds. The molecule has 0 aromatic carbocycles. The highest BCUT2D eigenvalue weighted by Crippen LogP contribution is 2.28. The first-order chi connectivity index (χ1) is 16.5.